The first kappa shape index (κ1) is 16.6. The minimum absolute atomic E-state index is 0.0500. The number of aromatic nitrogens is 2. The van der Waals surface area contributed by atoms with Crippen LogP contribution >= 0.6 is 11.6 Å². The number of rotatable bonds is 2. The van der Waals surface area contributed by atoms with Gasteiger partial charge in [0.1, 0.15) is 5.60 Å². The van der Waals surface area contributed by atoms with E-state index < -0.39 is 5.60 Å². The molecule has 6 nitrogen and oxygen atoms in total. The number of aliphatic hydroxyl groups is 1. The third kappa shape index (κ3) is 2.74. The number of hydrogen-bond donors (Lipinski definition) is 2. The van der Waals surface area contributed by atoms with Crippen LogP contribution in [-0.4, -0.2) is 45.3 Å². The topological polar surface area (TPSA) is 78.5 Å². The maximum atomic E-state index is 12.8. The van der Waals surface area contributed by atoms with Gasteiger partial charge in [0.25, 0.3) is 5.91 Å². The lowest BCUT2D eigenvalue weighted by atomic mass is 9.85. The van der Waals surface area contributed by atoms with Gasteiger partial charge in [-0.25, -0.2) is 0 Å². The average molecular weight is 362 g/mol. The fourth-order valence-corrected chi connectivity index (χ4v) is 3.80. The number of nitrogens with one attached hydrogen (secondary N) is 1. The molecule has 1 saturated heterocycles. The molecule has 4 rings (SSSR count). The number of amides is 1. The Bertz CT molecular complexity index is 811. The molecule has 2 N–H and O–H groups in total. The van der Waals surface area contributed by atoms with E-state index in [9.17, 15) is 9.90 Å². The molecule has 2 aromatic rings. The number of fused-ring (bicyclic) bond motifs is 1. The number of nitrogens with zero attached hydrogens (tertiary/aromatic N) is 2. The molecular weight excluding hydrogens is 342 g/mol. The fourth-order valence-electron chi connectivity index (χ4n) is 3.67. The number of β-amino-alcohol motifs (C(OH)–C–C–N with tert-alkyl or cyclic N) is 1. The van der Waals surface area contributed by atoms with Crippen LogP contribution in [0.4, 0.5) is 0 Å². The molecule has 0 radical (unpaired) electrons. The van der Waals surface area contributed by atoms with Gasteiger partial charge in [0.05, 0.1) is 31.0 Å². The van der Waals surface area contributed by atoms with Crippen LogP contribution < -0.4 is 0 Å². The van der Waals surface area contributed by atoms with Crippen molar-refractivity contribution in [1.29, 1.82) is 0 Å². The molecular formula is C18H20ClN3O3. The Hall–Kier alpha value is -1.89. The van der Waals surface area contributed by atoms with Gasteiger partial charge in [-0.3, -0.25) is 9.89 Å². The predicted octanol–water partition coefficient (Wildman–Crippen LogP) is 2.43. The predicted molar refractivity (Wildman–Crippen MR) is 92.5 cm³/mol. The number of likely N-dealkylation sites (tertiary alicyclic amines) is 1. The van der Waals surface area contributed by atoms with E-state index in [1.54, 1.807) is 29.2 Å². The quantitative estimate of drug-likeness (QED) is 0.861. The van der Waals surface area contributed by atoms with Gasteiger partial charge in [0, 0.05) is 17.0 Å². The molecule has 0 unspecified atom stereocenters. The molecule has 0 bridgehead atoms. The van der Waals surface area contributed by atoms with Crippen molar-refractivity contribution in [3.8, 4) is 0 Å². The van der Waals surface area contributed by atoms with Gasteiger partial charge in [-0.05, 0) is 31.5 Å². The lowest BCUT2D eigenvalue weighted by Crippen LogP contribution is -2.61. The summed E-state index contributed by atoms with van der Waals surface area (Å²) in [6, 6.07) is 7.07. The van der Waals surface area contributed by atoms with Crippen LogP contribution in [0.1, 0.15) is 47.3 Å². The van der Waals surface area contributed by atoms with Crippen LogP contribution in [0.2, 0.25) is 5.02 Å². The first-order valence-corrected chi connectivity index (χ1v) is 8.75. The van der Waals surface area contributed by atoms with Crippen LogP contribution in [0.5, 0.6) is 0 Å². The van der Waals surface area contributed by atoms with Gasteiger partial charge >= 0.3 is 0 Å². The summed E-state index contributed by atoms with van der Waals surface area (Å²) >= 11 is 5.89. The molecule has 132 valence electrons. The highest BCUT2D eigenvalue weighted by molar-refractivity contribution is 6.30. The monoisotopic (exact) mass is 361 g/mol. The van der Waals surface area contributed by atoms with E-state index in [4.69, 9.17) is 16.3 Å². The Labute approximate surface area is 150 Å². The van der Waals surface area contributed by atoms with Crippen molar-refractivity contribution in [2.75, 3.05) is 13.1 Å². The zero-order valence-corrected chi connectivity index (χ0v) is 14.9. The smallest absolute Gasteiger partial charge is 0.274 e. The number of H-pyrrole nitrogens is 1. The Morgan fingerprint density at radius 3 is 2.72 bits per heavy atom. The van der Waals surface area contributed by atoms with Gasteiger partial charge in [-0.15, -0.1) is 0 Å². The highest BCUT2D eigenvalue weighted by Crippen LogP contribution is 2.35. The molecule has 7 heteroatoms. The average Bonchev–Trinajstić information content (AvgIpc) is 2.96. The summed E-state index contributed by atoms with van der Waals surface area (Å²) in [5, 5.41) is 18.5. The number of hydrogen-bond acceptors (Lipinski definition) is 4. The standard InChI is InChI=1S/C18H20ClN3O3/c1-10-7-14-15(11(2)25-10)20-21-16(14)17(23)22-8-18(24,9-22)12-3-5-13(19)6-4-12/h3-6,10-11,24H,7-9H2,1-2H3,(H,20,21)/t10-,11+/m1/s1. The molecule has 0 spiro atoms. The maximum absolute atomic E-state index is 12.8. The number of aromatic amines is 1. The van der Waals surface area contributed by atoms with Crippen molar-refractivity contribution in [3.05, 3.63) is 51.8 Å². The number of halogens is 1. The van der Waals surface area contributed by atoms with Crippen LogP contribution in [-0.2, 0) is 16.8 Å². The second-order valence-corrected chi connectivity index (χ2v) is 7.39. The van der Waals surface area contributed by atoms with Gasteiger partial charge in [0.2, 0.25) is 0 Å². The first-order valence-electron chi connectivity index (χ1n) is 8.38. The fraction of sp³-hybridized carbons (Fsp3) is 0.444. The summed E-state index contributed by atoms with van der Waals surface area (Å²) in [5.41, 5.74) is 1.98. The van der Waals surface area contributed by atoms with Gasteiger partial charge in [-0.1, -0.05) is 23.7 Å². The highest BCUT2D eigenvalue weighted by atomic mass is 35.5. The number of benzene rings is 1. The summed E-state index contributed by atoms with van der Waals surface area (Å²) in [7, 11) is 0. The third-order valence-corrected chi connectivity index (χ3v) is 5.26. The minimum atomic E-state index is -1.03. The van der Waals surface area contributed by atoms with E-state index in [1.165, 1.54) is 0 Å². The molecule has 1 fully saturated rings. The lowest BCUT2D eigenvalue weighted by molar-refractivity contribution is -0.0866. The van der Waals surface area contributed by atoms with Crippen molar-refractivity contribution >= 4 is 17.5 Å². The summed E-state index contributed by atoms with van der Waals surface area (Å²) in [4.78, 5) is 14.4. The molecule has 1 aromatic carbocycles. The Morgan fingerprint density at radius 1 is 1.36 bits per heavy atom. The van der Waals surface area contributed by atoms with Gasteiger partial charge in [0.15, 0.2) is 5.69 Å². The molecule has 2 aliphatic heterocycles. The summed E-state index contributed by atoms with van der Waals surface area (Å²) in [6.07, 6.45) is 0.608. The second-order valence-electron chi connectivity index (χ2n) is 6.96. The van der Waals surface area contributed by atoms with Gasteiger partial charge < -0.3 is 14.7 Å². The van der Waals surface area contributed by atoms with E-state index in [1.807, 2.05) is 13.8 Å². The molecule has 25 heavy (non-hydrogen) atoms. The van der Waals surface area contributed by atoms with Crippen LogP contribution in [0.3, 0.4) is 0 Å². The minimum Gasteiger partial charge on any atom is -0.381 e. The van der Waals surface area contributed by atoms with Crippen LogP contribution in [0, 0.1) is 0 Å². The number of carbonyl (C=O) groups excluding carboxylic acids is 1. The normalized spacial score (nSPS) is 24.6. The third-order valence-electron chi connectivity index (χ3n) is 5.01. The molecule has 2 aliphatic rings. The van der Waals surface area contributed by atoms with Crippen LogP contribution in [0.15, 0.2) is 24.3 Å². The number of ether oxygens (including phenoxy) is 1. The van der Waals surface area contributed by atoms with E-state index in [0.717, 1.165) is 16.8 Å². The summed E-state index contributed by atoms with van der Waals surface area (Å²) in [6.45, 7) is 4.43. The van der Waals surface area contributed by atoms with Crippen molar-refractivity contribution in [2.45, 2.75) is 38.1 Å². The molecule has 1 amide bonds. The summed E-state index contributed by atoms with van der Waals surface area (Å²) < 4.78 is 5.76. The van der Waals surface area contributed by atoms with E-state index in [-0.39, 0.29) is 31.2 Å². The Morgan fingerprint density at radius 2 is 2.04 bits per heavy atom. The zero-order valence-electron chi connectivity index (χ0n) is 14.1. The number of carbonyl (C=O) groups is 1. The van der Waals surface area contributed by atoms with Crippen LogP contribution in [0.25, 0.3) is 0 Å². The van der Waals surface area contributed by atoms with Crippen molar-refractivity contribution in [3.63, 3.8) is 0 Å². The second kappa shape index (κ2) is 5.83. The van der Waals surface area contributed by atoms with Crippen molar-refractivity contribution in [2.24, 2.45) is 0 Å². The summed E-state index contributed by atoms with van der Waals surface area (Å²) in [5.74, 6) is -0.155. The van der Waals surface area contributed by atoms with Crippen molar-refractivity contribution < 1.29 is 14.6 Å². The lowest BCUT2D eigenvalue weighted by Gasteiger charge is -2.46. The Kier molecular flexibility index (Phi) is 3.86. The van der Waals surface area contributed by atoms with Gasteiger partial charge in [-0.2, -0.15) is 5.10 Å². The largest absolute Gasteiger partial charge is 0.381 e. The highest BCUT2D eigenvalue weighted by Gasteiger charge is 2.46. The molecule has 1 aromatic heterocycles. The van der Waals surface area contributed by atoms with Crippen molar-refractivity contribution in [1.82, 2.24) is 15.1 Å². The molecule has 3 heterocycles. The van der Waals surface area contributed by atoms with E-state index >= 15 is 0 Å². The first-order chi connectivity index (χ1) is 11.9. The SMILES string of the molecule is C[C@@H]1Cc2c(C(=O)N3CC(O)(c4ccc(Cl)cc4)C3)n[nH]c2[C@H](C)O1. The maximum Gasteiger partial charge on any atom is 0.274 e. The molecule has 0 saturated carbocycles. The zero-order chi connectivity index (χ0) is 17.8. The van der Waals surface area contributed by atoms with E-state index in [0.29, 0.717) is 17.1 Å². The molecule has 0 aliphatic carbocycles. The van der Waals surface area contributed by atoms with E-state index in [2.05, 4.69) is 10.2 Å². The Balaban J connectivity index is 1.52. The molecule has 2 atom stereocenters.